The number of anilines is 1. The predicted octanol–water partition coefficient (Wildman–Crippen LogP) is 4.55. The second-order valence-corrected chi connectivity index (χ2v) is 9.57. The van der Waals surface area contributed by atoms with Crippen LogP contribution >= 0.6 is 11.6 Å². The lowest BCUT2D eigenvalue weighted by Gasteiger charge is -2.26. The van der Waals surface area contributed by atoms with Crippen LogP contribution < -0.4 is 10.1 Å². The van der Waals surface area contributed by atoms with Crippen LogP contribution in [0.15, 0.2) is 47.4 Å². The van der Waals surface area contributed by atoms with E-state index in [2.05, 4.69) is 5.32 Å². The van der Waals surface area contributed by atoms with Crippen molar-refractivity contribution in [2.75, 3.05) is 18.4 Å². The molecule has 1 saturated heterocycles. The summed E-state index contributed by atoms with van der Waals surface area (Å²) in [5, 5.41) is 2.88. The highest BCUT2D eigenvalue weighted by atomic mass is 35.5. The number of amides is 1. The summed E-state index contributed by atoms with van der Waals surface area (Å²) in [5.74, 6) is 0.336. The van der Waals surface area contributed by atoms with Gasteiger partial charge >= 0.3 is 0 Å². The highest BCUT2D eigenvalue weighted by Gasteiger charge is 2.28. The molecule has 1 aliphatic rings. The molecule has 0 saturated carbocycles. The highest BCUT2D eigenvalue weighted by Crippen LogP contribution is 2.29. The van der Waals surface area contributed by atoms with Crippen molar-refractivity contribution in [3.63, 3.8) is 0 Å². The average molecular weight is 437 g/mol. The molecule has 0 spiro atoms. The molecule has 0 radical (unpaired) electrons. The monoisotopic (exact) mass is 436 g/mol. The van der Waals surface area contributed by atoms with Crippen LogP contribution in [0.4, 0.5) is 5.69 Å². The summed E-state index contributed by atoms with van der Waals surface area (Å²) in [7, 11) is -3.70. The lowest BCUT2D eigenvalue weighted by Crippen LogP contribution is -2.35. The molecule has 2 aromatic carbocycles. The van der Waals surface area contributed by atoms with Crippen LogP contribution in [0.5, 0.6) is 5.75 Å². The van der Waals surface area contributed by atoms with Gasteiger partial charge < -0.3 is 10.1 Å². The van der Waals surface area contributed by atoms with Crippen LogP contribution in [-0.4, -0.2) is 37.8 Å². The Morgan fingerprint density at radius 1 is 1.07 bits per heavy atom. The van der Waals surface area contributed by atoms with E-state index < -0.39 is 10.0 Å². The van der Waals surface area contributed by atoms with Gasteiger partial charge in [0.15, 0.2) is 0 Å². The van der Waals surface area contributed by atoms with E-state index in [0.29, 0.717) is 30.1 Å². The molecule has 1 N–H and O–H groups in total. The summed E-state index contributed by atoms with van der Waals surface area (Å²) < 4.78 is 32.9. The molecule has 0 bridgehead atoms. The summed E-state index contributed by atoms with van der Waals surface area (Å²) in [5.41, 5.74) is 0.814. The van der Waals surface area contributed by atoms with E-state index in [1.807, 2.05) is 13.8 Å². The molecule has 0 aliphatic carbocycles. The Bertz CT molecular complexity index is 969. The van der Waals surface area contributed by atoms with Gasteiger partial charge in [0.05, 0.1) is 11.1 Å². The SMILES string of the molecule is CC(C)Oc1ccc(C(=O)Nc2ccc(Cl)c(S(=O)(=O)N3CCCCC3)c2)cc1. The largest absolute Gasteiger partial charge is 0.491 e. The number of benzene rings is 2. The third-order valence-electron chi connectivity index (χ3n) is 4.61. The zero-order valence-corrected chi connectivity index (χ0v) is 18.1. The minimum atomic E-state index is -3.70. The van der Waals surface area contributed by atoms with Gasteiger partial charge in [-0.3, -0.25) is 4.79 Å². The standard InChI is InChI=1S/C21H25ClN2O4S/c1-15(2)28-18-9-6-16(7-10-18)21(25)23-17-8-11-19(22)20(14-17)29(26,27)24-12-4-3-5-13-24/h6-11,14-15H,3-5,12-13H2,1-2H3,(H,23,25). The van der Waals surface area contributed by atoms with Crippen LogP contribution in [0, 0.1) is 0 Å². The predicted molar refractivity (Wildman–Crippen MR) is 114 cm³/mol. The molecule has 0 unspecified atom stereocenters. The Kier molecular flexibility index (Phi) is 6.82. The lowest BCUT2D eigenvalue weighted by atomic mass is 10.2. The first-order valence-corrected chi connectivity index (χ1v) is 11.5. The zero-order chi connectivity index (χ0) is 21.0. The molecule has 1 aliphatic heterocycles. The number of nitrogens with zero attached hydrogens (tertiary/aromatic N) is 1. The van der Waals surface area contributed by atoms with Crippen LogP contribution in [0.1, 0.15) is 43.5 Å². The molecule has 1 fully saturated rings. The van der Waals surface area contributed by atoms with E-state index in [1.165, 1.54) is 16.4 Å². The van der Waals surface area contributed by atoms with Gasteiger partial charge in [-0.2, -0.15) is 4.31 Å². The first kappa shape index (κ1) is 21.6. The first-order chi connectivity index (χ1) is 13.8. The summed E-state index contributed by atoms with van der Waals surface area (Å²) >= 11 is 6.18. The summed E-state index contributed by atoms with van der Waals surface area (Å²) in [6.45, 7) is 4.83. The molecule has 1 amide bonds. The van der Waals surface area contributed by atoms with Crippen molar-refractivity contribution in [1.29, 1.82) is 0 Å². The van der Waals surface area contributed by atoms with E-state index in [9.17, 15) is 13.2 Å². The van der Waals surface area contributed by atoms with Crippen molar-refractivity contribution in [2.24, 2.45) is 0 Å². The minimum absolute atomic E-state index is 0.0135. The smallest absolute Gasteiger partial charge is 0.255 e. The maximum Gasteiger partial charge on any atom is 0.255 e. The van der Waals surface area contributed by atoms with Crippen molar-refractivity contribution in [3.8, 4) is 5.75 Å². The van der Waals surface area contributed by atoms with Gasteiger partial charge in [-0.15, -0.1) is 0 Å². The molecule has 156 valence electrons. The number of nitrogens with one attached hydrogen (secondary N) is 1. The van der Waals surface area contributed by atoms with E-state index in [0.717, 1.165) is 19.3 Å². The molecule has 6 nitrogen and oxygen atoms in total. The number of piperidine rings is 1. The number of carbonyl (C=O) groups is 1. The van der Waals surface area contributed by atoms with Crippen molar-refractivity contribution in [1.82, 2.24) is 4.31 Å². The molecular formula is C21H25ClN2O4S. The Hall–Kier alpha value is -2.09. The van der Waals surface area contributed by atoms with Gasteiger partial charge in [0.1, 0.15) is 10.6 Å². The number of halogens is 1. The quantitative estimate of drug-likeness (QED) is 0.720. The van der Waals surface area contributed by atoms with Crippen LogP contribution in [0.25, 0.3) is 0 Å². The number of carbonyl (C=O) groups excluding carboxylic acids is 1. The second kappa shape index (κ2) is 9.15. The van der Waals surface area contributed by atoms with Crippen molar-refractivity contribution < 1.29 is 17.9 Å². The summed E-state index contributed by atoms with van der Waals surface area (Å²) in [6, 6.07) is 11.3. The number of sulfonamides is 1. The van der Waals surface area contributed by atoms with Gasteiger partial charge in [-0.25, -0.2) is 8.42 Å². The maximum absolute atomic E-state index is 13.0. The molecule has 3 rings (SSSR count). The first-order valence-electron chi connectivity index (χ1n) is 9.65. The number of hydrogen-bond donors (Lipinski definition) is 1. The molecule has 0 aromatic heterocycles. The Labute approximate surface area is 176 Å². The molecule has 1 heterocycles. The third kappa shape index (κ3) is 5.29. The van der Waals surface area contributed by atoms with Crippen LogP contribution in [-0.2, 0) is 10.0 Å². The van der Waals surface area contributed by atoms with E-state index in [1.54, 1.807) is 30.3 Å². The van der Waals surface area contributed by atoms with Crippen molar-refractivity contribution in [2.45, 2.75) is 44.1 Å². The minimum Gasteiger partial charge on any atom is -0.491 e. The molecular weight excluding hydrogens is 412 g/mol. The Morgan fingerprint density at radius 3 is 2.34 bits per heavy atom. The zero-order valence-electron chi connectivity index (χ0n) is 16.5. The van der Waals surface area contributed by atoms with Crippen LogP contribution in [0.3, 0.4) is 0 Å². The van der Waals surface area contributed by atoms with Crippen LogP contribution in [0.2, 0.25) is 5.02 Å². The number of ether oxygens (including phenoxy) is 1. The average Bonchev–Trinajstić information content (AvgIpc) is 2.70. The fourth-order valence-corrected chi connectivity index (χ4v) is 5.20. The number of rotatable bonds is 6. The Morgan fingerprint density at radius 2 is 1.72 bits per heavy atom. The van der Waals surface area contributed by atoms with Crippen molar-refractivity contribution in [3.05, 3.63) is 53.1 Å². The molecule has 0 atom stereocenters. The number of hydrogen-bond acceptors (Lipinski definition) is 4. The second-order valence-electron chi connectivity index (χ2n) is 7.26. The fraction of sp³-hybridized carbons (Fsp3) is 0.381. The lowest BCUT2D eigenvalue weighted by molar-refractivity contribution is 0.102. The Balaban J connectivity index is 1.78. The maximum atomic E-state index is 13.0. The normalized spacial score (nSPS) is 15.3. The van der Waals surface area contributed by atoms with Gasteiger partial charge in [-0.1, -0.05) is 18.0 Å². The summed E-state index contributed by atoms with van der Waals surface area (Å²) in [4.78, 5) is 12.6. The van der Waals surface area contributed by atoms with Crippen molar-refractivity contribution >= 4 is 33.2 Å². The van der Waals surface area contributed by atoms with Gasteiger partial charge in [0.25, 0.3) is 5.91 Å². The van der Waals surface area contributed by atoms with E-state index in [-0.39, 0.29) is 21.9 Å². The third-order valence-corrected chi connectivity index (χ3v) is 6.99. The van der Waals surface area contributed by atoms with Gasteiger partial charge in [0.2, 0.25) is 10.0 Å². The fourth-order valence-electron chi connectivity index (χ4n) is 3.18. The highest BCUT2D eigenvalue weighted by molar-refractivity contribution is 7.89. The van der Waals surface area contributed by atoms with E-state index >= 15 is 0 Å². The molecule has 29 heavy (non-hydrogen) atoms. The molecule has 8 heteroatoms. The summed E-state index contributed by atoms with van der Waals surface area (Å²) in [6.07, 6.45) is 2.74. The van der Waals surface area contributed by atoms with E-state index in [4.69, 9.17) is 16.3 Å². The van der Waals surface area contributed by atoms with Gasteiger partial charge in [0, 0.05) is 24.3 Å². The molecule has 2 aromatic rings. The topological polar surface area (TPSA) is 75.7 Å². The van der Waals surface area contributed by atoms with Gasteiger partial charge in [-0.05, 0) is 69.2 Å².